The molecule has 3 heterocycles. The summed E-state index contributed by atoms with van der Waals surface area (Å²) in [4.78, 5) is 23.5. The zero-order chi connectivity index (χ0) is 27.2. The van der Waals surface area contributed by atoms with Crippen molar-refractivity contribution in [1.82, 2.24) is 24.6 Å². The van der Waals surface area contributed by atoms with Gasteiger partial charge in [-0.3, -0.25) is 9.48 Å². The molecule has 1 aliphatic heterocycles. The van der Waals surface area contributed by atoms with Crippen molar-refractivity contribution in [2.45, 2.75) is 64.9 Å². The van der Waals surface area contributed by atoms with Gasteiger partial charge < -0.3 is 19.5 Å². The van der Waals surface area contributed by atoms with E-state index in [-0.39, 0.29) is 35.7 Å². The summed E-state index contributed by atoms with van der Waals surface area (Å²) in [7, 11) is 0. The van der Waals surface area contributed by atoms with E-state index in [2.05, 4.69) is 15.1 Å². The molecule has 1 N–H and O–H groups in total. The molecule has 12 heteroatoms. The number of aliphatic hydroxyl groups excluding tert-OH is 1. The number of ether oxygens (including phenoxy) is 2. The molecular weight excluding hydrogens is 503 g/mol. The Kier molecular flexibility index (Phi) is 7.03. The average Bonchev–Trinajstić information content (AvgIpc) is 3.52. The monoisotopic (exact) mass is 533 g/mol. The van der Waals surface area contributed by atoms with E-state index in [0.29, 0.717) is 54.5 Å². The van der Waals surface area contributed by atoms with E-state index >= 15 is 0 Å². The first-order valence-corrected chi connectivity index (χ1v) is 12.7. The van der Waals surface area contributed by atoms with Crippen molar-refractivity contribution < 1.29 is 32.5 Å². The predicted molar refractivity (Wildman–Crippen MR) is 131 cm³/mol. The molecular formula is C26H30F3N5O4. The van der Waals surface area contributed by atoms with E-state index in [4.69, 9.17) is 9.47 Å². The highest BCUT2D eigenvalue weighted by molar-refractivity contribution is 5.80. The van der Waals surface area contributed by atoms with Crippen molar-refractivity contribution in [2.24, 2.45) is 5.92 Å². The van der Waals surface area contributed by atoms with Crippen LogP contribution in [0.25, 0.3) is 22.4 Å². The lowest BCUT2D eigenvalue weighted by atomic mass is 10.0. The molecule has 2 atom stereocenters. The first-order valence-electron chi connectivity index (χ1n) is 12.7. The van der Waals surface area contributed by atoms with Crippen LogP contribution < -0.4 is 4.74 Å². The topological polar surface area (TPSA) is 103 Å². The van der Waals surface area contributed by atoms with Gasteiger partial charge in [0.15, 0.2) is 6.79 Å². The number of aromatic nitrogens is 4. The zero-order valence-electron chi connectivity index (χ0n) is 21.5. The Bertz CT molecular complexity index is 1350. The third kappa shape index (κ3) is 5.19. The number of fused-ring (bicyclic) bond motifs is 1. The number of nitrogens with zero attached hydrogens (tertiary/aromatic N) is 5. The van der Waals surface area contributed by atoms with Crippen LogP contribution in [-0.2, 0) is 22.3 Å². The van der Waals surface area contributed by atoms with Crippen LogP contribution in [0.3, 0.4) is 0 Å². The van der Waals surface area contributed by atoms with Gasteiger partial charge in [-0.1, -0.05) is 0 Å². The standard InChI is InChI=1S/C26H30F3N5O4/c1-4-37-13-38-20-9-17(26(27,28)29)7-14(2)22(20)19-10-30-23-24(15(3)35)34(32-25(23)31-19)12-16-8-21(36)33(11-16)18-5-6-18/h7,9-10,15-16,18,35H,4-6,8,11-13H2,1-3H3/t15-,16+/m0/s1. The second-order valence-electron chi connectivity index (χ2n) is 9.94. The Morgan fingerprint density at radius 1 is 1.26 bits per heavy atom. The molecule has 0 radical (unpaired) electrons. The normalized spacial score (nSPS) is 19.0. The predicted octanol–water partition coefficient (Wildman–Crippen LogP) is 4.26. The van der Waals surface area contributed by atoms with Gasteiger partial charge in [-0.15, -0.1) is 0 Å². The SMILES string of the molecule is CCOCOc1cc(C(F)(F)F)cc(C)c1-c1cnc2c([C@H](C)O)n(C[C@@H]3CC(=O)N(C4CC4)C3)nc2n1. The minimum absolute atomic E-state index is 0.0285. The minimum Gasteiger partial charge on any atom is -0.467 e. The smallest absolute Gasteiger partial charge is 0.416 e. The molecule has 1 saturated carbocycles. The molecule has 38 heavy (non-hydrogen) atoms. The van der Waals surface area contributed by atoms with Gasteiger partial charge in [0.1, 0.15) is 11.3 Å². The first kappa shape index (κ1) is 26.4. The Labute approximate surface area is 217 Å². The molecule has 0 unspecified atom stereocenters. The molecule has 1 aliphatic carbocycles. The van der Waals surface area contributed by atoms with Crippen molar-refractivity contribution in [3.05, 3.63) is 35.2 Å². The summed E-state index contributed by atoms with van der Waals surface area (Å²) < 4.78 is 52.9. The fraction of sp³-hybridized carbons (Fsp3) is 0.538. The third-order valence-corrected chi connectivity index (χ3v) is 6.93. The average molecular weight is 534 g/mol. The number of halogens is 3. The number of aryl methyl sites for hydroxylation is 1. The van der Waals surface area contributed by atoms with Crippen molar-refractivity contribution in [2.75, 3.05) is 19.9 Å². The molecule has 1 amide bonds. The number of benzene rings is 1. The van der Waals surface area contributed by atoms with Gasteiger partial charge in [0.25, 0.3) is 0 Å². The number of aliphatic hydroxyl groups is 1. The maximum Gasteiger partial charge on any atom is 0.416 e. The van der Waals surface area contributed by atoms with E-state index in [1.54, 1.807) is 25.5 Å². The summed E-state index contributed by atoms with van der Waals surface area (Å²) >= 11 is 0. The molecule has 3 aromatic rings. The van der Waals surface area contributed by atoms with Crippen molar-refractivity contribution in [3.8, 4) is 17.0 Å². The number of amides is 1. The van der Waals surface area contributed by atoms with E-state index in [0.717, 1.165) is 25.0 Å². The van der Waals surface area contributed by atoms with Crippen LogP contribution in [0, 0.1) is 12.8 Å². The van der Waals surface area contributed by atoms with Crippen molar-refractivity contribution in [1.29, 1.82) is 0 Å². The van der Waals surface area contributed by atoms with Crippen LogP contribution in [-0.4, -0.2) is 61.6 Å². The molecule has 2 fully saturated rings. The Balaban J connectivity index is 1.51. The number of likely N-dealkylation sites (tertiary alicyclic amines) is 1. The quantitative estimate of drug-likeness (QED) is 0.324. The number of rotatable bonds is 9. The van der Waals surface area contributed by atoms with E-state index in [9.17, 15) is 23.1 Å². The van der Waals surface area contributed by atoms with Gasteiger partial charge in [-0.25, -0.2) is 9.97 Å². The largest absolute Gasteiger partial charge is 0.467 e. The highest BCUT2D eigenvalue weighted by Crippen LogP contribution is 2.40. The zero-order valence-corrected chi connectivity index (χ0v) is 21.5. The molecule has 1 saturated heterocycles. The van der Waals surface area contributed by atoms with Crippen molar-refractivity contribution in [3.63, 3.8) is 0 Å². The van der Waals surface area contributed by atoms with Gasteiger partial charge in [0.2, 0.25) is 11.6 Å². The summed E-state index contributed by atoms with van der Waals surface area (Å²) in [5.74, 6) is 0.160. The van der Waals surface area contributed by atoms with Gasteiger partial charge in [-0.05, 0) is 51.3 Å². The number of hydrogen-bond donors (Lipinski definition) is 1. The minimum atomic E-state index is -4.55. The van der Waals surface area contributed by atoms with Crippen LogP contribution >= 0.6 is 0 Å². The van der Waals surface area contributed by atoms with Gasteiger partial charge in [0, 0.05) is 43.6 Å². The lowest BCUT2D eigenvalue weighted by Crippen LogP contribution is -2.28. The van der Waals surface area contributed by atoms with Crippen LogP contribution in [0.1, 0.15) is 56.0 Å². The summed E-state index contributed by atoms with van der Waals surface area (Å²) in [6, 6.07) is 2.31. The highest BCUT2D eigenvalue weighted by Gasteiger charge is 2.40. The molecule has 2 aliphatic rings. The molecule has 5 rings (SSSR count). The highest BCUT2D eigenvalue weighted by atomic mass is 19.4. The summed E-state index contributed by atoms with van der Waals surface area (Å²) in [6.45, 7) is 6.09. The lowest BCUT2D eigenvalue weighted by molar-refractivity contribution is -0.137. The Morgan fingerprint density at radius 3 is 2.68 bits per heavy atom. The summed E-state index contributed by atoms with van der Waals surface area (Å²) in [6.07, 6.45) is -1.50. The van der Waals surface area contributed by atoms with Crippen molar-refractivity contribution >= 4 is 17.1 Å². The van der Waals surface area contributed by atoms with Crippen LogP contribution in [0.2, 0.25) is 0 Å². The maximum atomic E-state index is 13.5. The summed E-state index contributed by atoms with van der Waals surface area (Å²) in [5.41, 5.74) is 1.22. The molecule has 9 nitrogen and oxygen atoms in total. The number of carbonyl (C=O) groups excluding carboxylic acids is 1. The van der Waals surface area contributed by atoms with E-state index < -0.39 is 17.8 Å². The van der Waals surface area contributed by atoms with E-state index in [1.807, 2.05) is 4.90 Å². The number of alkyl halides is 3. The first-order chi connectivity index (χ1) is 18.1. The Morgan fingerprint density at radius 2 is 2.03 bits per heavy atom. The van der Waals surface area contributed by atoms with E-state index in [1.165, 1.54) is 6.20 Å². The maximum absolute atomic E-state index is 13.5. The molecule has 204 valence electrons. The third-order valence-electron chi connectivity index (χ3n) is 6.93. The van der Waals surface area contributed by atoms with Crippen LogP contribution in [0.4, 0.5) is 13.2 Å². The van der Waals surface area contributed by atoms with Gasteiger partial charge in [-0.2, -0.15) is 18.3 Å². The molecule has 1 aromatic carbocycles. The second-order valence-corrected chi connectivity index (χ2v) is 9.94. The fourth-order valence-corrected chi connectivity index (χ4v) is 5.06. The second kappa shape index (κ2) is 10.1. The van der Waals surface area contributed by atoms with Gasteiger partial charge >= 0.3 is 6.18 Å². The number of hydrogen-bond acceptors (Lipinski definition) is 7. The summed E-state index contributed by atoms with van der Waals surface area (Å²) in [5, 5.41) is 15.1. The molecule has 0 spiro atoms. The van der Waals surface area contributed by atoms with Gasteiger partial charge in [0.05, 0.1) is 29.3 Å². The van der Waals surface area contributed by atoms with Crippen LogP contribution in [0.15, 0.2) is 18.3 Å². The van der Waals surface area contributed by atoms with Crippen LogP contribution in [0.5, 0.6) is 5.75 Å². The number of carbonyl (C=O) groups is 1. The molecule has 2 aromatic heterocycles. The molecule has 0 bridgehead atoms. The lowest BCUT2D eigenvalue weighted by Gasteiger charge is -2.17. The fourth-order valence-electron chi connectivity index (χ4n) is 5.06. The Hall–Kier alpha value is -3.25.